The van der Waals surface area contributed by atoms with Crippen LogP contribution in [0.15, 0.2) is 4.79 Å². The molecule has 118 valence electrons. The average Bonchev–Trinajstić information content (AvgIpc) is 2.80. The molecule has 3 rings (SSSR count). The molecule has 0 spiro atoms. The minimum absolute atomic E-state index is 0.0670. The Labute approximate surface area is 132 Å². The summed E-state index contributed by atoms with van der Waals surface area (Å²) in [4.78, 5) is 31.2. The molecule has 2 aromatic rings. The van der Waals surface area contributed by atoms with Gasteiger partial charge in [-0.15, -0.1) is 11.3 Å². The number of ether oxygens (including phenoxy) is 1. The van der Waals surface area contributed by atoms with Gasteiger partial charge in [-0.3, -0.25) is 14.2 Å². The molecule has 22 heavy (non-hydrogen) atoms. The zero-order valence-electron chi connectivity index (χ0n) is 13.1. The molecule has 0 radical (unpaired) electrons. The second-order valence-electron chi connectivity index (χ2n) is 5.89. The molecule has 0 N–H and O–H groups in total. The number of hydrogen-bond donors (Lipinski definition) is 0. The SMILES string of the molecule is CCOC(=O)Cn1c(C)nc2sc3c(c2c1=O)CCC(C)C3. The van der Waals surface area contributed by atoms with Gasteiger partial charge >= 0.3 is 5.97 Å². The minimum Gasteiger partial charge on any atom is -0.465 e. The average molecular weight is 320 g/mol. The molecule has 0 bridgehead atoms. The third-order valence-corrected chi connectivity index (χ3v) is 5.35. The predicted octanol–water partition coefficient (Wildman–Crippen LogP) is 2.45. The fraction of sp³-hybridized carbons (Fsp3) is 0.562. The van der Waals surface area contributed by atoms with Gasteiger partial charge in [0.25, 0.3) is 5.56 Å². The molecule has 0 saturated carbocycles. The highest BCUT2D eigenvalue weighted by molar-refractivity contribution is 7.18. The van der Waals surface area contributed by atoms with Crippen molar-refractivity contribution in [3.8, 4) is 0 Å². The number of carbonyl (C=O) groups excluding carboxylic acids is 1. The Morgan fingerprint density at radius 1 is 1.50 bits per heavy atom. The third-order valence-electron chi connectivity index (χ3n) is 4.20. The van der Waals surface area contributed by atoms with Gasteiger partial charge in [0.05, 0.1) is 12.0 Å². The zero-order chi connectivity index (χ0) is 15.9. The monoisotopic (exact) mass is 320 g/mol. The first-order valence-electron chi connectivity index (χ1n) is 7.68. The number of hydrogen-bond acceptors (Lipinski definition) is 5. The predicted molar refractivity (Wildman–Crippen MR) is 86.4 cm³/mol. The lowest BCUT2D eigenvalue weighted by molar-refractivity contribution is -0.143. The van der Waals surface area contributed by atoms with Crippen LogP contribution in [0.5, 0.6) is 0 Å². The summed E-state index contributed by atoms with van der Waals surface area (Å²) in [6.07, 6.45) is 3.05. The molecule has 0 amide bonds. The smallest absolute Gasteiger partial charge is 0.326 e. The fourth-order valence-corrected chi connectivity index (χ4v) is 4.47. The normalized spacial score (nSPS) is 17.5. The summed E-state index contributed by atoms with van der Waals surface area (Å²) in [6.45, 7) is 6.01. The molecule has 2 heterocycles. The third kappa shape index (κ3) is 2.56. The van der Waals surface area contributed by atoms with E-state index in [9.17, 15) is 9.59 Å². The van der Waals surface area contributed by atoms with Gasteiger partial charge < -0.3 is 4.74 Å². The summed E-state index contributed by atoms with van der Waals surface area (Å²) >= 11 is 1.63. The molecule has 0 saturated heterocycles. The molecule has 0 fully saturated rings. The molecule has 1 aliphatic rings. The number of aryl methyl sites for hydroxylation is 2. The van der Waals surface area contributed by atoms with Gasteiger partial charge in [0.1, 0.15) is 17.2 Å². The van der Waals surface area contributed by atoms with Crippen LogP contribution < -0.4 is 5.56 Å². The number of esters is 1. The summed E-state index contributed by atoms with van der Waals surface area (Å²) in [5, 5.41) is 0.710. The van der Waals surface area contributed by atoms with Gasteiger partial charge in [-0.2, -0.15) is 0 Å². The molecular formula is C16H20N2O3S. The Morgan fingerprint density at radius 3 is 3.00 bits per heavy atom. The highest BCUT2D eigenvalue weighted by Crippen LogP contribution is 2.35. The number of thiophene rings is 1. The van der Waals surface area contributed by atoms with Crippen LogP contribution in [0.25, 0.3) is 10.2 Å². The molecular weight excluding hydrogens is 300 g/mol. The maximum Gasteiger partial charge on any atom is 0.326 e. The quantitative estimate of drug-likeness (QED) is 0.815. The van der Waals surface area contributed by atoms with E-state index in [1.165, 1.54) is 9.44 Å². The van der Waals surface area contributed by atoms with Gasteiger partial charge in [0, 0.05) is 4.88 Å². The topological polar surface area (TPSA) is 61.2 Å². The standard InChI is InChI=1S/C16H20N2O3S/c1-4-21-13(19)8-18-10(3)17-15-14(16(18)20)11-6-5-9(2)7-12(11)22-15/h9H,4-8H2,1-3H3. The molecule has 2 aromatic heterocycles. The Bertz CT molecular complexity index is 791. The van der Waals surface area contributed by atoms with E-state index in [1.807, 2.05) is 0 Å². The van der Waals surface area contributed by atoms with Crippen molar-refractivity contribution < 1.29 is 9.53 Å². The maximum absolute atomic E-state index is 12.8. The van der Waals surface area contributed by atoms with E-state index in [2.05, 4.69) is 11.9 Å². The first-order valence-corrected chi connectivity index (χ1v) is 8.50. The van der Waals surface area contributed by atoms with E-state index in [0.29, 0.717) is 23.7 Å². The van der Waals surface area contributed by atoms with Gasteiger partial charge in [0.2, 0.25) is 0 Å². The second-order valence-corrected chi connectivity index (χ2v) is 6.97. The number of rotatable bonds is 3. The van der Waals surface area contributed by atoms with E-state index < -0.39 is 5.97 Å². The van der Waals surface area contributed by atoms with Crippen molar-refractivity contribution in [3.63, 3.8) is 0 Å². The number of nitrogens with zero attached hydrogens (tertiary/aromatic N) is 2. The van der Waals surface area contributed by atoms with Crippen molar-refractivity contribution >= 4 is 27.5 Å². The van der Waals surface area contributed by atoms with Crippen molar-refractivity contribution in [2.24, 2.45) is 5.92 Å². The van der Waals surface area contributed by atoms with Crippen LogP contribution in [-0.4, -0.2) is 22.1 Å². The Balaban J connectivity index is 2.12. The molecule has 0 aliphatic heterocycles. The van der Waals surface area contributed by atoms with Gasteiger partial charge in [-0.05, 0) is 44.6 Å². The van der Waals surface area contributed by atoms with Gasteiger partial charge in [0.15, 0.2) is 0 Å². The molecule has 1 aliphatic carbocycles. The lowest BCUT2D eigenvalue weighted by Gasteiger charge is -2.17. The number of aromatic nitrogens is 2. The molecule has 0 aromatic carbocycles. The van der Waals surface area contributed by atoms with Crippen LogP contribution in [0.2, 0.25) is 0 Å². The van der Waals surface area contributed by atoms with Crippen molar-refractivity contribution in [2.75, 3.05) is 6.61 Å². The highest BCUT2D eigenvalue weighted by Gasteiger charge is 2.24. The van der Waals surface area contributed by atoms with Gasteiger partial charge in [-0.1, -0.05) is 6.92 Å². The van der Waals surface area contributed by atoms with Crippen molar-refractivity contribution in [1.29, 1.82) is 0 Å². The van der Waals surface area contributed by atoms with E-state index in [-0.39, 0.29) is 12.1 Å². The Hall–Kier alpha value is -1.69. The van der Waals surface area contributed by atoms with Crippen LogP contribution in [0.1, 0.15) is 36.5 Å². The van der Waals surface area contributed by atoms with Crippen molar-refractivity contribution in [2.45, 2.75) is 46.6 Å². The maximum atomic E-state index is 12.8. The minimum atomic E-state index is -0.397. The molecule has 1 atom stereocenters. The van der Waals surface area contributed by atoms with E-state index >= 15 is 0 Å². The molecule has 5 nitrogen and oxygen atoms in total. The Kier molecular flexibility index (Phi) is 4.04. The molecule has 6 heteroatoms. The molecule has 1 unspecified atom stereocenters. The highest BCUT2D eigenvalue weighted by atomic mass is 32.1. The summed E-state index contributed by atoms with van der Waals surface area (Å²) in [5.41, 5.74) is 1.04. The summed E-state index contributed by atoms with van der Waals surface area (Å²) in [5.74, 6) is 0.826. The van der Waals surface area contributed by atoms with E-state index in [4.69, 9.17) is 4.74 Å². The van der Waals surface area contributed by atoms with Crippen LogP contribution in [0, 0.1) is 12.8 Å². The van der Waals surface area contributed by atoms with Gasteiger partial charge in [-0.25, -0.2) is 4.98 Å². The summed E-state index contributed by atoms with van der Waals surface area (Å²) in [6, 6.07) is 0. The van der Waals surface area contributed by atoms with E-state index in [1.54, 1.807) is 25.2 Å². The lowest BCUT2D eigenvalue weighted by atomic mass is 9.89. The van der Waals surface area contributed by atoms with Crippen LogP contribution in [-0.2, 0) is 28.9 Å². The first kappa shape index (κ1) is 15.2. The zero-order valence-corrected chi connectivity index (χ0v) is 14.0. The Morgan fingerprint density at radius 2 is 2.27 bits per heavy atom. The van der Waals surface area contributed by atoms with Crippen molar-refractivity contribution in [3.05, 3.63) is 26.6 Å². The first-order chi connectivity index (χ1) is 10.5. The van der Waals surface area contributed by atoms with Crippen LogP contribution in [0.3, 0.4) is 0 Å². The number of carbonyl (C=O) groups is 1. The van der Waals surface area contributed by atoms with Crippen LogP contribution in [0.4, 0.5) is 0 Å². The number of fused-ring (bicyclic) bond motifs is 3. The second kappa shape index (κ2) is 5.83. The fourth-order valence-electron chi connectivity index (χ4n) is 3.05. The van der Waals surface area contributed by atoms with E-state index in [0.717, 1.165) is 29.7 Å². The van der Waals surface area contributed by atoms with Crippen molar-refractivity contribution in [1.82, 2.24) is 9.55 Å². The largest absolute Gasteiger partial charge is 0.465 e. The van der Waals surface area contributed by atoms with Crippen LogP contribution >= 0.6 is 11.3 Å². The summed E-state index contributed by atoms with van der Waals surface area (Å²) < 4.78 is 6.39. The lowest BCUT2D eigenvalue weighted by Crippen LogP contribution is -2.28. The summed E-state index contributed by atoms with van der Waals surface area (Å²) in [7, 11) is 0.